The Balaban J connectivity index is 2.26. The average Bonchev–Trinajstić information content (AvgIpc) is 2.42. The van der Waals surface area contributed by atoms with E-state index in [1.807, 2.05) is 0 Å². The monoisotopic (exact) mass is 196 g/mol. The molecule has 82 valence electrons. The molecular weight excluding hydrogens is 172 g/mol. The molecule has 2 unspecified atom stereocenters. The zero-order chi connectivity index (χ0) is 10.6. The molecule has 0 aromatic rings. The Hall–Kier alpha value is -0.340. The van der Waals surface area contributed by atoms with Crippen LogP contribution in [0.4, 0.5) is 0 Å². The van der Waals surface area contributed by atoms with Gasteiger partial charge in [-0.15, -0.1) is 0 Å². The lowest BCUT2D eigenvalue weighted by Crippen LogP contribution is -2.31. The van der Waals surface area contributed by atoms with Gasteiger partial charge >= 0.3 is 0 Å². The summed E-state index contributed by atoms with van der Waals surface area (Å²) in [6.45, 7) is 15.2. The first-order chi connectivity index (χ1) is 6.63. The van der Waals surface area contributed by atoms with Crippen LogP contribution >= 0.6 is 0 Å². The van der Waals surface area contributed by atoms with Gasteiger partial charge in [-0.1, -0.05) is 20.4 Å². The molecule has 1 N–H and O–H groups in total. The Morgan fingerprint density at radius 2 is 2.21 bits per heavy atom. The molecule has 0 aromatic carbocycles. The first-order valence-electron chi connectivity index (χ1n) is 5.74. The zero-order valence-electron chi connectivity index (χ0n) is 9.84. The Morgan fingerprint density at radius 1 is 1.50 bits per heavy atom. The number of likely N-dealkylation sites (N-methyl/N-ethyl adjacent to an activating group) is 1. The van der Waals surface area contributed by atoms with E-state index in [1.165, 1.54) is 18.5 Å². The molecule has 14 heavy (non-hydrogen) atoms. The minimum absolute atomic E-state index is 0.739. The number of hydrogen-bond donors (Lipinski definition) is 1. The van der Waals surface area contributed by atoms with Gasteiger partial charge in [0.15, 0.2) is 0 Å². The van der Waals surface area contributed by atoms with E-state index in [2.05, 4.69) is 37.6 Å². The molecule has 0 saturated carbocycles. The predicted molar refractivity (Wildman–Crippen MR) is 62.5 cm³/mol. The summed E-state index contributed by atoms with van der Waals surface area (Å²) in [5, 5.41) is 3.32. The van der Waals surface area contributed by atoms with Crippen LogP contribution in [-0.4, -0.2) is 37.1 Å². The lowest BCUT2D eigenvalue weighted by Gasteiger charge is -2.22. The summed E-state index contributed by atoms with van der Waals surface area (Å²) in [5.41, 5.74) is 1.31. The highest BCUT2D eigenvalue weighted by Crippen LogP contribution is 2.22. The van der Waals surface area contributed by atoms with Crippen molar-refractivity contribution in [1.82, 2.24) is 10.2 Å². The van der Waals surface area contributed by atoms with Gasteiger partial charge in [0.05, 0.1) is 0 Å². The van der Waals surface area contributed by atoms with E-state index in [0.29, 0.717) is 0 Å². The highest BCUT2D eigenvalue weighted by molar-refractivity contribution is 5.01. The van der Waals surface area contributed by atoms with E-state index in [1.54, 1.807) is 0 Å². The lowest BCUT2D eigenvalue weighted by atomic mass is 10.1. The number of likely N-dealkylation sites (tertiary alicyclic amines) is 1. The molecular formula is C12H24N2. The van der Waals surface area contributed by atoms with Crippen molar-refractivity contribution in [3.63, 3.8) is 0 Å². The molecule has 1 fully saturated rings. The maximum atomic E-state index is 4.11. The fourth-order valence-corrected chi connectivity index (χ4v) is 2.25. The molecule has 2 nitrogen and oxygen atoms in total. The summed E-state index contributed by atoms with van der Waals surface area (Å²) in [5.74, 6) is 0.858. The smallest absolute Gasteiger partial charge is 0.0205 e. The van der Waals surface area contributed by atoms with Gasteiger partial charge < -0.3 is 5.32 Å². The topological polar surface area (TPSA) is 15.3 Å². The molecule has 0 spiro atoms. The third-order valence-corrected chi connectivity index (χ3v) is 2.96. The first-order valence-corrected chi connectivity index (χ1v) is 5.74. The Kier molecular flexibility index (Phi) is 4.63. The Bertz CT molecular complexity index is 189. The van der Waals surface area contributed by atoms with Crippen molar-refractivity contribution in [3.8, 4) is 0 Å². The van der Waals surface area contributed by atoms with E-state index >= 15 is 0 Å². The summed E-state index contributed by atoms with van der Waals surface area (Å²) in [6, 6.07) is 0.739. The maximum absolute atomic E-state index is 4.11. The first kappa shape index (κ1) is 11.7. The average molecular weight is 196 g/mol. The van der Waals surface area contributed by atoms with Crippen LogP contribution in [0.1, 0.15) is 27.2 Å². The highest BCUT2D eigenvalue weighted by atomic mass is 15.2. The quantitative estimate of drug-likeness (QED) is 0.675. The Labute approximate surface area is 88.4 Å². The third-order valence-electron chi connectivity index (χ3n) is 2.96. The van der Waals surface area contributed by atoms with Crippen LogP contribution in [-0.2, 0) is 0 Å². The molecule has 0 aromatic heterocycles. The van der Waals surface area contributed by atoms with Crippen molar-refractivity contribution in [2.24, 2.45) is 5.92 Å². The molecule has 0 aliphatic carbocycles. The molecule has 1 aliphatic heterocycles. The second kappa shape index (κ2) is 5.52. The molecule has 1 saturated heterocycles. The third kappa shape index (κ3) is 3.43. The second-order valence-corrected chi connectivity index (χ2v) is 4.65. The summed E-state index contributed by atoms with van der Waals surface area (Å²) in [6.07, 6.45) is 1.34. The van der Waals surface area contributed by atoms with Gasteiger partial charge in [0.2, 0.25) is 0 Å². The standard InChI is InChI=1S/C12H24N2/c1-5-13-7-11(3)9-14-8-10(2)6-12(14)4/h10,12-13H,3,5-9H2,1-2,4H3. The van der Waals surface area contributed by atoms with E-state index in [9.17, 15) is 0 Å². The predicted octanol–water partition coefficient (Wildman–Crippen LogP) is 1.88. The van der Waals surface area contributed by atoms with Crippen LogP contribution in [0.5, 0.6) is 0 Å². The second-order valence-electron chi connectivity index (χ2n) is 4.65. The zero-order valence-corrected chi connectivity index (χ0v) is 9.84. The summed E-state index contributed by atoms with van der Waals surface area (Å²) < 4.78 is 0. The van der Waals surface area contributed by atoms with Crippen molar-refractivity contribution in [2.45, 2.75) is 33.2 Å². The lowest BCUT2D eigenvalue weighted by molar-refractivity contribution is 0.286. The van der Waals surface area contributed by atoms with Crippen molar-refractivity contribution in [2.75, 3.05) is 26.2 Å². The number of nitrogens with one attached hydrogen (secondary N) is 1. The van der Waals surface area contributed by atoms with Crippen molar-refractivity contribution in [3.05, 3.63) is 12.2 Å². The summed E-state index contributed by atoms with van der Waals surface area (Å²) in [4.78, 5) is 2.55. The molecule has 0 bridgehead atoms. The van der Waals surface area contributed by atoms with Crippen molar-refractivity contribution in [1.29, 1.82) is 0 Å². The van der Waals surface area contributed by atoms with Gasteiger partial charge in [0.1, 0.15) is 0 Å². The maximum Gasteiger partial charge on any atom is 0.0205 e. The van der Waals surface area contributed by atoms with Crippen LogP contribution in [0.15, 0.2) is 12.2 Å². The van der Waals surface area contributed by atoms with Gasteiger partial charge in [-0.05, 0) is 31.4 Å². The number of nitrogens with zero attached hydrogens (tertiary/aromatic N) is 1. The minimum atomic E-state index is 0.739. The van der Waals surface area contributed by atoms with Gasteiger partial charge in [-0.2, -0.15) is 0 Å². The van der Waals surface area contributed by atoms with E-state index < -0.39 is 0 Å². The van der Waals surface area contributed by atoms with Gasteiger partial charge in [-0.3, -0.25) is 4.90 Å². The van der Waals surface area contributed by atoms with E-state index in [4.69, 9.17) is 0 Å². The van der Waals surface area contributed by atoms with Crippen LogP contribution < -0.4 is 5.32 Å². The van der Waals surface area contributed by atoms with Crippen LogP contribution in [0.2, 0.25) is 0 Å². The normalized spacial score (nSPS) is 28.2. The molecule has 2 heteroatoms. The van der Waals surface area contributed by atoms with Crippen molar-refractivity contribution < 1.29 is 0 Å². The summed E-state index contributed by atoms with van der Waals surface area (Å²) >= 11 is 0. The fraction of sp³-hybridized carbons (Fsp3) is 0.833. The minimum Gasteiger partial charge on any atom is -0.313 e. The fourth-order valence-electron chi connectivity index (χ4n) is 2.25. The Morgan fingerprint density at radius 3 is 2.71 bits per heavy atom. The highest BCUT2D eigenvalue weighted by Gasteiger charge is 2.25. The summed E-state index contributed by atoms with van der Waals surface area (Å²) in [7, 11) is 0. The van der Waals surface area contributed by atoms with Gasteiger partial charge in [-0.25, -0.2) is 0 Å². The largest absolute Gasteiger partial charge is 0.313 e. The molecule has 0 radical (unpaired) electrons. The van der Waals surface area contributed by atoms with Crippen LogP contribution in [0.3, 0.4) is 0 Å². The van der Waals surface area contributed by atoms with E-state index in [0.717, 1.165) is 31.6 Å². The van der Waals surface area contributed by atoms with E-state index in [-0.39, 0.29) is 0 Å². The number of rotatable bonds is 5. The van der Waals surface area contributed by atoms with Gasteiger partial charge in [0, 0.05) is 25.7 Å². The molecule has 0 amide bonds. The molecule has 1 rings (SSSR count). The molecule has 1 heterocycles. The molecule has 1 aliphatic rings. The number of hydrogen-bond acceptors (Lipinski definition) is 2. The molecule has 2 atom stereocenters. The van der Waals surface area contributed by atoms with Crippen LogP contribution in [0.25, 0.3) is 0 Å². The van der Waals surface area contributed by atoms with Crippen molar-refractivity contribution >= 4 is 0 Å². The SMILES string of the molecule is C=C(CNCC)CN1CC(C)CC1C. The van der Waals surface area contributed by atoms with Crippen LogP contribution in [0, 0.1) is 5.92 Å². The van der Waals surface area contributed by atoms with Gasteiger partial charge in [0.25, 0.3) is 0 Å².